The summed E-state index contributed by atoms with van der Waals surface area (Å²) in [5.41, 5.74) is 0.286. The quantitative estimate of drug-likeness (QED) is 0.874. The lowest BCUT2D eigenvalue weighted by Gasteiger charge is -2.29. The van der Waals surface area contributed by atoms with Crippen LogP contribution in [0.5, 0.6) is 0 Å². The maximum absolute atomic E-state index is 13.0. The largest absolute Gasteiger partial charge is 0.337 e. The molecule has 25 heavy (non-hydrogen) atoms. The molecule has 0 radical (unpaired) electrons. The number of piperidine rings is 1. The summed E-state index contributed by atoms with van der Waals surface area (Å²) in [6.45, 7) is 2.82. The second-order valence-corrected chi connectivity index (χ2v) is 7.60. The standard InChI is InChI=1S/C17H23ClN6O/c1-22-7-6-20-15(22)11-24(14-8-17(14)2-4-19-5-3-17)16(25)12-23-10-13(18)9-21-23/h6-7,9-10,14,19H,2-5,8,11-12H2,1H3. The fraction of sp³-hybridized carbons (Fsp3) is 0.588. The summed E-state index contributed by atoms with van der Waals surface area (Å²) in [4.78, 5) is 19.4. The van der Waals surface area contributed by atoms with Gasteiger partial charge in [-0.05, 0) is 37.8 Å². The molecule has 0 aromatic carbocycles. The van der Waals surface area contributed by atoms with Crippen molar-refractivity contribution in [1.29, 1.82) is 0 Å². The predicted octanol–water partition coefficient (Wildman–Crippen LogP) is 1.44. The smallest absolute Gasteiger partial charge is 0.244 e. The fourth-order valence-corrected chi connectivity index (χ4v) is 4.11. The van der Waals surface area contributed by atoms with Crippen LogP contribution in [0.4, 0.5) is 0 Å². The van der Waals surface area contributed by atoms with E-state index in [4.69, 9.17) is 11.6 Å². The van der Waals surface area contributed by atoms with E-state index in [1.54, 1.807) is 23.3 Å². The van der Waals surface area contributed by atoms with E-state index >= 15 is 0 Å². The molecule has 1 saturated heterocycles. The van der Waals surface area contributed by atoms with Crippen molar-refractivity contribution in [2.45, 2.75) is 38.4 Å². The minimum absolute atomic E-state index is 0.0724. The predicted molar refractivity (Wildman–Crippen MR) is 93.9 cm³/mol. The molecule has 0 bridgehead atoms. The molecule has 1 atom stereocenters. The van der Waals surface area contributed by atoms with Gasteiger partial charge in [-0.25, -0.2) is 4.98 Å². The molecule has 1 aliphatic carbocycles. The van der Waals surface area contributed by atoms with Crippen molar-refractivity contribution in [3.63, 3.8) is 0 Å². The van der Waals surface area contributed by atoms with Crippen LogP contribution in [0.2, 0.25) is 5.02 Å². The lowest BCUT2D eigenvalue weighted by molar-refractivity contribution is -0.134. The Labute approximate surface area is 152 Å². The van der Waals surface area contributed by atoms with E-state index in [2.05, 4.69) is 15.4 Å². The Kier molecular flexibility index (Phi) is 4.29. The van der Waals surface area contributed by atoms with Crippen molar-refractivity contribution in [3.05, 3.63) is 35.6 Å². The van der Waals surface area contributed by atoms with E-state index < -0.39 is 0 Å². The van der Waals surface area contributed by atoms with Crippen molar-refractivity contribution in [2.75, 3.05) is 13.1 Å². The highest BCUT2D eigenvalue weighted by Crippen LogP contribution is 2.56. The van der Waals surface area contributed by atoms with E-state index in [0.717, 1.165) is 38.2 Å². The zero-order chi connectivity index (χ0) is 17.4. The number of amides is 1. The lowest BCUT2D eigenvalue weighted by Crippen LogP contribution is -2.41. The van der Waals surface area contributed by atoms with Crippen molar-refractivity contribution in [1.82, 2.24) is 29.5 Å². The summed E-state index contributed by atoms with van der Waals surface area (Å²) >= 11 is 5.92. The van der Waals surface area contributed by atoms with Crippen molar-refractivity contribution < 1.29 is 4.79 Å². The number of aromatic nitrogens is 4. The highest BCUT2D eigenvalue weighted by molar-refractivity contribution is 6.30. The summed E-state index contributed by atoms with van der Waals surface area (Å²) in [7, 11) is 1.96. The molecule has 8 heteroatoms. The molecule has 7 nitrogen and oxygen atoms in total. The van der Waals surface area contributed by atoms with Crippen molar-refractivity contribution >= 4 is 17.5 Å². The first-order valence-corrected chi connectivity index (χ1v) is 9.10. The molecule has 1 N–H and O–H groups in total. The number of nitrogens with one attached hydrogen (secondary N) is 1. The normalized spacial score (nSPS) is 21.4. The Balaban J connectivity index is 1.53. The Morgan fingerprint density at radius 2 is 2.28 bits per heavy atom. The van der Waals surface area contributed by atoms with Gasteiger partial charge in [-0.2, -0.15) is 5.10 Å². The molecule has 1 spiro atoms. The average Bonchev–Trinajstić information content (AvgIpc) is 2.91. The molecule has 2 aromatic rings. The molecular formula is C17H23ClN6O. The van der Waals surface area contributed by atoms with Gasteiger partial charge in [-0.1, -0.05) is 11.6 Å². The van der Waals surface area contributed by atoms with Gasteiger partial charge in [-0.3, -0.25) is 9.48 Å². The average molecular weight is 363 g/mol. The molecule has 134 valence electrons. The van der Waals surface area contributed by atoms with Gasteiger partial charge in [0.25, 0.3) is 0 Å². The van der Waals surface area contributed by atoms with Crippen LogP contribution in [0.1, 0.15) is 25.1 Å². The molecule has 3 heterocycles. The van der Waals surface area contributed by atoms with Gasteiger partial charge < -0.3 is 14.8 Å². The van der Waals surface area contributed by atoms with Gasteiger partial charge in [-0.15, -0.1) is 0 Å². The van der Waals surface area contributed by atoms with Crippen molar-refractivity contribution in [3.8, 4) is 0 Å². The number of nitrogens with zero attached hydrogens (tertiary/aromatic N) is 5. The fourth-order valence-electron chi connectivity index (χ4n) is 3.96. The Bertz CT molecular complexity index is 763. The Hall–Kier alpha value is -1.86. The van der Waals surface area contributed by atoms with Gasteiger partial charge in [0, 0.05) is 31.7 Å². The van der Waals surface area contributed by atoms with Gasteiger partial charge in [0.15, 0.2) is 0 Å². The van der Waals surface area contributed by atoms with Gasteiger partial charge >= 0.3 is 0 Å². The van der Waals surface area contributed by atoms with Crippen LogP contribution < -0.4 is 5.32 Å². The molecular weight excluding hydrogens is 340 g/mol. The third kappa shape index (κ3) is 3.30. The van der Waals surface area contributed by atoms with Crippen LogP contribution in [0.3, 0.4) is 0 Å². The van der Waals surface area contributed by atoms with E-state index in [-0.39, 0.29) is 17.9 Å². The summed E-state index contributed by atoms with van der Waals surface area (Å²) < 4.78 is 3.58. The second kappa shape index (κ2) is 6.46. The molecule has 1 amide bonds. The highest BCUT2D eigenvalue weighted by atomic mass is 35.5. The molecule has 1 saturated carbocycles. The minimum Gasteiger partial charge on any atom is -0.337 e. The zero-order valence-electron chi connectivity index (χ0n) is 14.4. The van der Waals surface area contributed by atoms with E-state index in [9.17, 15) is 4.79 Å². The third-order valence-electron chi connectivity index (χ3n) is 5.57. The maximum atomic E-state index is 13.0. The molecule has 1 unspecified atom stereocenters. The number of halogens is 1. The Morgan fingerprint density at radius 3 is 2.92 bits per heavy atom. The van der Waals surface area contributed by atoms with E-state index in [0.29, 0.717) is 17.6 Å². The SMILES string of the molecule is Cn1ccnc1CN(C(=O)Cn1cc(Cl)cn1)C1CC12CCNCC2. The maximum Gasteiger partial charge on any atom is 0.244 e. The number of imidazole rings is 1. The molecule has 2 aliphatic rings. The number of carbonyl (C=O) groups is 1. The highest BCUT2D eigenvalue weighted by Gasteiger charge is 2.57. The summed E-state index contributed by atoms with van der Waals surface area (Å²) in [5, 5.41) is 8.11. The summed E-state index contributed by atoms with van der Waals surface area (Å²) in [6.07, 6.45) is 10.3. The number of hydrogen-bond donors (Lipinski definition) is 1. The molecule has 2 fully saturated rings. The van der Waals surface area contributed by atoms with Crippen LogP contribution in [0.15, 0.2) is 24.8 Å². The first-order valence-electron chi connectivity index (χ1n) is 8.72. The zero-order valence-corrected chi connectivity index (χ0v) is 15.1. The number of rotatable bonds is 5. The number of carbonyl (C=O) groups excluding carboxylic acids is 1. The molecule has 4 rings (SSSR count). The first kappa shape index (κ1) is 16.6. The van der Waals surface area contributed by atoms with Gasteiger partial charge in [0.05, 0.1) is 17.8 Å². The molecule has 1 aliphatic heterocycles. The first-order chi connectivity index (χ1) is 12.1. The topological polar surface area (TPSA) is 68.0 Å². The van der Waals surface area contributed by atoms with Gasteiger partial charge in [0.2, 0.25) is 5.91 Å². The minimum atomic E-state index is 0.0724. The van der Waals surface area contributed by atoms with Gasteiger partial charge in [0.1, 0.15) is 12.4 Å². The van der Waals surface area contributed by atoms with Crippen LogP contribution in [0.25, 0.3) is 0 Å². The van der Waals surface area contributed by atoms with Crippen molar-refractivity contribution in [2.24, 2.45) is 12.5 Å². The van der Waals surface area contributed by atoms with Crippen LogP contribution in [-0.4, -0.2) is 49.3 Å². The van der Waals surface area contributed by atoms with Crippen LogP contribution >= 0.6 is 11.6 Å². The summed E-state index contributed by atoms with van der Waals surface area (Å²) in [5.74, 6) is 0.978. The number of aryl methyl sites for hydroxylation is 1. The third-order valence-corrected chi connectivity index (χ3v) is 5.77. The summed E-state index contributed by atoms with van der Waals surface area (Å²) in [6, 6.07) is 0.296. The van der Waals surface area contributed by atoms with E-state index in [1.165, 1.54) is 0 Å². The molecule has 2 aromatic heterocycles. The Morgan fingerprint density at radius 1 is 1.48 bits per heavy atom. The second-order valence-electron chi connectivity index (χ2n) is 7.16. The van der Waals surface area contributed by atoms with E-state index in [1.807, 2.05) is 22.7 Å². The van der Waals surface area contributed by atoms with Crippen LogP contribution in [0, 0.1) is 5.41 Å². The monoisotopic (exact) mass is 362 g/mol. The number of hydrogen-bond acceptors (Lipinski definition) is 4. The lowest BCUT2D eigenvalue weighted by atomic mass is 9.93. The van der Waals surface area contributed by atoms with Crippen LogP contribution in [-0.2, 0) is 24.9 Å².